The van der Waals surface area contributed by atoms with Crippen molar-refractivity contribution < 1.29 is 13.2 Å². The third kappa shape index (κ3) is 3.32. The van der Waals surface area contributed by atoms with Gasteiger partial charge in [0.25, 0.3) is 5.91 Å². The fraction of sp³-hybridized carbons (Fsp3) is 0. The third-order valence-corrected chi connectivity index (χ3v) is 4.21. The normalized spacial score (nSPS) is 11.3. The van der Waals surface area contributed by atoms with Crippen molar-refractivity contribution in [2.24, 2.45) is 5.14 Å². The summed E-state index contributed by atoms with van der Waals surface area (Å²) in [6, 6.07) is 5.45. The van der Waals surface area contributed by atoms with Crippen molar-refractivity contribution in [1.82, 2.24) is 0 Å². The predicted octanol–water partition coefficient (Wildman–Crippen LogP) is 2.30. The Labute approximate surface area is 119 Å². The first-order valence-electron chi connectivity index (χ1n) is 5.04. The van der Waals surface area contributed by atoms with E-state index in [1.165, 1.54) is 23.5 Å². The standard InChI is InChI=1S/C11H9ClN2O3S2/c12-10-2-1-8(19(13,16)17)5-9(10)11(15)14-7-3-4-18-6-7/h1-6H,(H,14,15)(H2,13,16,17). The Balaban J connectivity index is 2.36. The lowest BCUT2D eigenvalue weighted by Gasteiger charge is -2.06. The van der Waals surface area contributed by atoms with Crippen LogP contribution in [0.1, 0.15) is 10.4 Å². The average Bonchev–Trinajstić information content (AvgIpc) is 2.80. The number of nitrogens with one attached hydrogen (secondary N) is 1. The minimum atomic E-state index is -3.87. The molecule has 0 bridgehead atoms. The molecule has 0 atom stereocenters. The minimum absolute atomic E-state index is 0.0550. The molecule has 0 saturated carbocycles. The van der Waals surface area contributed by atoms with Gasteiger partial charge in [-0.1, -0.05) is 11.6 Å². The monoisotopic (exact) mass is 316 g/mol. The molecule has 1 heterocycles. The van der Waals surface area contributed by atoms with E-state index in [0.29, 0.717) is 5.69 Å². The summed E-state index contributed by atoms with van der Waals surface area (Å²) in [5.41, 5.74) is 0.673. The molecule has 5 nitrogen and oxygen atoms in total. The number of halogens is 1. The summed E-state index contributed by atoms with van der Waals surface area (Å²) in [5, 5.41) is 11.3. The van der Waals surface area contributed by atoms with Gasteiger partial charge in [-0.2, -0.15) is 11.3 Å². The van der Waals surface area contributed by atoms with Crippen LogP contribution in [0.3, 0.4) is 0 Å². The molecule has 0 aliphatic rings. The van der Waals surface area contributed by atoms with Crippen LogP contribution in [0.5, 0.6) is 0 Å². The third-order valence-electron chi connectivity index (χ3n) is 2.29. The Kier molecular flexibility index (Phi) is 3.91. The van der Waals surface area contributed by atoms with Crippen LogP contribution in [-0.4, -0.2) is 14.3 Å². The Bertz CT molecular complexity index is 712. The number of nitrogens with two attached hydrogens (primary N) is 1. The van der Waals surface area contributed by atoms with E-state index in [9.17, 15) is 13.2 Å². The highest BCUT2D eigenvalue weighted by atomic mass is 35.5. The van der Waals surface area contributed by atoms with E-state index in [2.05, 4.69) is 5.32 Å². The molecule has 1 aromatic carbocycles. The minimum Gasteiger partial charge on any atom is -0.321 e. The molecule has 19 heavy (non-hydrogen) atoms. The maximum absolute atomic E-state index is 12.0. The number of primary sulfonamides is 1. The van der Waals surface area contributed by atoms with Crippen LogP contribution in [0.4, 0.5) is 5.69 Å². The fourth-order valence-electron chi connectivity index (χ4n) is 1.39. The molecule has 1 amide bonds. The molecule has 3 N–H and O–H groups in total. The van der Waals surface area contributed by atoms with Crippen molar-refractivity contribution in [3.63, 3.8) is 0 Å². The van der Waals surface area contributed by atoms with Gasteiger partial charge in [0.05, 0.1) is 21.2 Å². The number of sulfonamides is 1. The van der Waals surface area contributed by atoms with Crippen LogP contribution in [-0.2, 0) is 10.0 Å². The first-order chi connectivity index (χ1) is 8.88. The number of hydrogen-bond donors (Lipinski definition) is 2. The van der Waals surface area contributed by atoms with Gasteiger partial charge in [-0.3, -0.25) is 4.79 Å². The number of carbonyl (C=O) groups is 1. The van der Waals surface area contributed by atoms with Crippen LogP contribution in [0.2, 0.25) is 5.02 Å². The Morgan fingerprint density at radius 2 is 2.05 bits per heavy atom. The molecule has 0 aliphatic heterocycles. The lowest BCUT2D eigenvalue weighted by molar-refractivity contribution is 0.102. The fourth-order valence-corrected chi connectivity index (χ4v) is 2.72. The molecule has 0 radical (unpaired) electrons. The Morgan fingerprint density at radius 3 is 2.63 bits per heavy atom. The molecule has 2 aromatic rings. The van der Waals surface area contributed by atoms with Gasteiger partial charge < -0.3 is 5.32 Å². The van der Waals surface area contributed by atoms with Crippen molar-refractivity contribution >= 4 is 44.6 Å². The molecular formula is C11H9ClN2O3S2. The molecule has 100 valence electrons. The van der Waals surface area contributed by atoms with Crippen molar-refractivity contribution in [2.45, 2.75) is 4.90 Å². The maximum Gasteiger partial charge on any atom is 0.257 e. The van der Waals surface area contributed by atoms with Crippen molar-refractivity contribution in [3.05, 3.63) is 45.6 Å². The number of carbonyl (C=O) groups excluding carboxylic acids is 1. The second-order valence-corrected chi connectivity index (χ2v) is 6.40. The summed E-state index contributed by atoms with van der Waals surface area (Å²) in [6.45, 7) is 0. The highest BCUT2D eigenvalue weighted by molar-refractivity contribution is 7.89. The van der Waals surface area contributed by atoms with Crippen molar-refractivity contribution in [1.29, 1.82) is 0 Å². The van der Waals surface area contributed by atoms with E-state index in [1.54, 1.807) is 16.8 Å². The van der Waals surface area contributed by atoms with Gasteiger partial charge >= 0.3 is 0 Å². The average molecular weight is 317 g/mol. The molecule has 2 rings (SSSR count). The molecule has 0 aliphatic carbocycles. The lowest BCUT2D eigenvalue weighted by atomic mass is 10.2. The van der Waals surface area contributed by atoms with Gasteiger partial charge in [0.15, 0.2) is 0 Å². The quantitative estimate of drug-likeness (QED) is 0.910. The number of benzene rings is 1. The molecule has 0 saturated heterocycles. The van der Waals surface area contributed by atoms with Gasteiger partial charge in [-0.05, 0) is 29.6 Å². The number of anilines is 1. The van der Waals surface area contributed by atoms with E-state index >= 15 is 0 Å². The molecule has 0 fully saturated rings. The summed E-state index contributed by atoms with van der Waals surface area (Å²) >= 11 is 7.31. The van der Waals surface area contributed by atoms with Crippen LogP contribution < -0.4 is 10.5 Å². The van der Waals surface area contributed by atoms with Gasteiger partial charge in [0, 0.05) is 5.38 Å². The zero-order chi connectivity index (χ0) is 14.0. The number of hydrogen-bond acceptors (Lipinski definition) is 4. The van der Waals surface area contributed by atoms with Crippen LogP contribution >= 0.6 is 22.9 Å². The SMILES string of the molecule is NS(=O)(=O)c1ccc(Cl)c(C(=O)Nc2ccsc2)c1. The predicted molar refractivity (Wildman–Crippen MR) is 75.1 cm³/mol. The first kappa shape index (κ1) is 14.0. The van der Waals surface area contributed by atoms with Gasteiger partial charge in [-0.15, -0.1) is 0 Å². The summed E-state index contributed by atoms with van der Waals surface area (Å²) in [6.07, 6.45) is 0. The van der Waals surface area contributed by atoms with E-state index in [-0.39, 0.29) is 15.5 Å². The van der Waals surface area contributed by atoms with E-state index in [4.69, 9.17) is 16.7 Å². The van der Waals surface area contributed by atoms with E-state index < -0.39 is 15.9 Å². The van der Waals surface area contributed by atoms with E-state index in [0.717, 1.165) is 6.07 Å². The number of thiophene rings is 1. The van der Waals surface area contributed by atoms with Crippen LogP contribution in [0.25, 0.3) is 0 Å². The second-order valence-electron chi connectivity index (χ2n) is 3.65. The molecule has 8 heteroatoms. The number of amides is 1. The summed E-state index contributed by atoms with van der Waals surface area (Å²) < 4.78 is 22.5. The smallest absolute Gasteiger partial charge is 0.257 e. The Morgan fingerprint density at radius 1 is 1.32 bits per heavy atom. The lowest BCUT2D eigenvalue weighted by Crippen LogP contribution is -2.16. The Hall–Kier alpha value is -1.41. The second kappa shape index (κ2) is 5.30. The largest absolute Gasteiger partial charge is 0.321 e. The zero-order valence-corrected chi connectivity index (χ0v) is 11.8. The van der Waals surface area contributed by atoms with Crippen molar-refractivity contribution in [3.8, 4) is 0 Å². The van der Waals surface area contributed by atoms with Crippen LogP contribution in [0, 0.1) is 0 Å². The topological polar surface area (TPSA) is 89.3 Å². The summed E-state index contributed by atoms with van der Waals surface area (Å²) in [4.78, 5) is 11.8. The van der Waals surface area contributed by atoms with Gasteiger partial charge in [0.1, 0.15) is 0 Å². The summed E-state index contributed by atoms with van der Waals surface area (Å²) in [7, 11) is -3.87. The van der Waals surface area contributed by atoms with E-state index in [1.807, 2.05) is 0 Å². The molecular weight excluding hydrogens is 308 g/mol. The maximum atomic E-state index is 12.0. The highest BCUT2D eigenvalue weighted by Crippen LogP contribution is 2.22. The van der Waals surface area contributed by atoms with Crippen molar-refractivity contribution in [2.75, 3.05) is 5.32 Å². The summed E-state index contributed by atoms with van der Waals surface area (Å²) in [5.74, 6) is -0.492. The van der Waals surface area contributed by atoms with Crippen LogP contribution in [0.15, 0.2) is 39.9 Å². The zero-order valence-electron chi connectivity index (χ0n) is 9.46. The van der Waals surface area contributed by atoms with Gasteiger partial charge in [-0.25, -0.2) is 13.6 Å². The number of rotatable bonds is 3. The molecule has 0 unspecified atom stereocenters. The highest BCUT2D eigenvalue weighted by Gasteiger charge is 2.16. The molecule has 1 aromatic heterocycles. The van der Waals surface area contributed by atoms with Gasteiger partial charge in [0.2, 0.25) is 10.0 Å². The molecule has 0 spiro atoms. The first-order valence-corrected chi connectivity index (χ1v) is 7.90.